The molecular weight excluding hydrogens is 867 g/mol. The summed E-state index contributed by atoms with van der Waals surface area (Å²) in [4.78, 5) is 14.8. The van der Waals surface area contributed by atoms with Crippen molar-refractivity contribution in [3.63, 3.8) is 0 Å². The number of ether oxygens (including phenoxy) is 2. The molecule has 17 heteroatoms. The number of hydrogen-bond donors (Lipinski definition) is 2. The number of nitrogens with one attached hydrogen (secondary N) is 2. The van der Waals surface area contributed by atoms with E-state index in [1.807, 2.05) is 126 Å². The molecule has 342 valence electrons. The number of aromatic nitrogens is 5. The second-order valence-electron chi connectivity index (χ2n) is 16.1. The molecule has 7 rings (SSSR count). The van der Waals surface area contributed by atoms with Gasteiger partial charge in [0.25, 0.3) is 0 Å². The number of sulfonamides is 2. The van der Waals surface area contributed by atoms with Crippen molar-refractivity contribution in [1.82, 2.24) is 34.0 Å². The van der Waals surface area contributed by atoms with Gasteiger partial charge in [-0.2, -0.15) is 10.2 Å². The van der Waals surface area contributed by atoms with Gasteiger partial charge < -0.3 is 13.9 Å². The van der Waals surface area contributed by atoms with E-state index in [4.69, 9.17) is 19.0 Å². The van der Waals surface area contributed by atoms with Gasteiger partial charge in [0.1, 0.15) is 17.8 Å². The van der Waals surface area contributed by atoms with Gasteiger partial charge in [-0.15, -0.1) is 0 Å². The van der Waals surface area contributed by atoms with Crippen molar-refractivity contribution in [2.24, 2.45) is 0 Å². The fraction of sp³-hybridized carbons (Fsp3) is 0.292. The molecule has 0 aliphatic carbocycles. The molecule has 0 aliphatic rings. The lowest BCUT2D eigenvalue weighted by Gasteiger charge is -2.26. The van der Waals surface area contributed by atoms with E-state index in [9.17, 15) is 21.6 Å². The maximum absolute atomic E-state index is 12.1. The third kappa shape index (κ3) is 12.2. The Bertz CT molecular complexity index is 2920. The number of benzene rings is 4. The molecular formula is C48H55N7O8S2. The largest absolute Gasteiger partial charge is 0.444 e. The molecule has 2 N–H and O–H groups in total. The summed E-state index contributed by atoms with van der Waals surface area (Å²) in [5.41, 5.74) is 4.83. The van der Waals surface area contributed by atoms with E-state index in [-0.39, 0.29) is 11.5 Å². The van der Waals surface area contributed by atoms with Crippen molar-refractivity contribution in [3.8, 4) is 57.1 Å². The van der Waals surface area contributed by atoms with E-state index in [1.54, 1.807) is 53.7 Å². The van der Waals surface area contributed by atoms with Crippen molar-refractivity contribution >= 4 is 26.3 Å². The number of carbonyl (C=O) groups is 1. The fourth-order valence-corrected chi connectivity index (χ4v) is 8.85. The van der Waals surface area contributed by atoms with Crippen LogP contribution in [-0.4, -0.2) is 59.2 Å². The third-order valence-electron chi connectivity index (χ3n) is 10.5. The zero-order chi connectivity index (χ0) is 47.0. The monoisotopic (exact) mass is 921 g/mol. The minimum atomic E-state index is -3.36. The molecule has 0 atom stereocenters. The number of hydrogen-bond acceptors (Lipinski definition) is 11. The van der Waals surface area contributed by atoms with Gasteiger partial charge in [0.15, 0.2) is 12.2 Å². The molecule has 0 unspecified atom stereocenters. The number of nitrogens with zero attached hydrogens (tertiary/aromatic N) is 5. The van der Waals surface area contributed by atoms with Gasteiger partial charge in [-0.1, -0.05) is 36.4 Å². The molecule has 0 fully saturated rings. The lowest BCUT2D eigenvalue weighted by Crippen LogP contribution is -2.41. The summed E-state index contributed by atoms with van der Waals surface area (Å²) in [5.74, 6) is 3.21. The van der Waals surface area contributed by atoms with E-state index < -0.39 is 31.1 Å². The Hall–Kier alpha value is -6.40. The molecule has 3 heterocycles. The quantitative estimate of drug-likeness (QED) is 0.0780. The van der Waals surface area contributed by atoms with Gasteiger partial charge in [-0.25, -0.2) is 40.6 Å². The molecule has 0 bridgehead atoms. The minimum absolute atomic E-state index is 0.0194. The smallest absolute Gasteiger partial charge is 0.218 e. The van der Waals surface area contributed by atoms with E-state index in [0.717, 1.165) is 45.5 Å². The van der Waals surface area contributed by atoms with Crippen LogP contribution in [0.1, 0.15) is 76.9 Å². The van der Waals surface area contributed by atoms with E-state index in [1.165, 1.54) is 6.39 Å². The molecule has 15 nitrogen and oxygen atoms in total. The first-order chi connectivity index (χ1) is 30.9. The summed E-state index contributed by atoms with van der Waals surface area (Å²) in [7, 11) is -6.72. The summed E-state index contributed by atoms with van der Waals surface area (Å²) < 4.78 is 74.9. The van der Waals surface area contributed by atoms with Crippen molar-refractivity contribution in [2.45, 2.75) is 79.6 Å². The summed E-state index contributed by atoms with van der Waals surface area (Å²) in [6, 6.07) is 33.5. The highest BCUT2D eigenvalue weighted by Crippen LogP contribution is 2.33. The Morgan fingerprint density at radius 1 is 0.615 bits per heavy atom. The Labute approximate surface area is 380 Å². The third-order valence-corrected chi connectivity index (χ3v) is 13.6. The number of rotatable bonds is 18. The van der Waals surface area contributed by atoms with Crippen LogP contribution in [-0.2, 0) is 44.2 Å². The topological polar surface area (TPSA) is 190 Å². The second kappa shape index (κ2) is 20.2. The first kappa shape index (κ1) is 48.1. The summed E-state index contributed by atoms with van der Waals surface area (Å²) in [6.45, 7) is 15.8. The number of oxazole rings is 1. The van der Waals surface area contributed by atoms with E-state index in [2.05, 4.69) is 19.5 Å². The Morgan fingerprint density at radius 2 is 1.06 bits per heavy atom. The molecule has 65 heavy (non-hydrogen) atoms. The van der Waals surface area contributed by atoms with Crippen LogP contribution in [0.5, 0.6) is 23.3 Å². The molecule has 0 radical (unpaired) electrons. The Kier molecular flexibility index (Phi) is 14.9. The lowest BCUT2D eigenvalue weighted by atomic mass is 9.93. The fourth-order valence-electron chi connectivity index (χ4n) is 6.77. The highest BCUT2D eigenvalue weighted by molar-refractivity contribution is 7.89. The van der Waals surface area contributed by atoms with Crippen LogP contribution in [0.2, 0.25) is 0 Å². The number of aryl methyl sites for hydroxylation is 2. The van der Waals surface area contributed by atoms with Crippen LogP contribution in [0, 0.1) is 0 Å². The van der Waals surface area contributed by atoms with E-state index in [0.29, 0.717) is 47.7 Å². The second-order valence-corrected chi connectivity index (χ2v) is 20.1. The van der Waals surface area contributed by atoms with Crippen LogP contribution < -0.4 is 18.9 Å². The highest BCUT2D eigenvalue weighted by atomic mass is 32.2. The van der Waals surface area contributed by atoms with Crippen molar-refractivity contribution in [1.29, 1.82) is 0 Å². The summed E-state index contributed by atoms with van der Waals surface area (Å²) in [6.07, 6.45) is 3.85. The van der Waals surface area contributed by atoms with Gasteiger partial charge >= 0.3 is 0 Å². The van der Waals surface area contributed by atoms with Gasteiger partial charge in [-0.3, -0.25) is 4.79 Å². The molecule has 3 aromatic heterocycles. The predicted octanol–water partition coefficient (Wildman–Crippen LogP) is 9.54. The molecule has 0 saturated carbocycles. The van der Waals surface area contributed by atoms with Crippen LogP contribution in [0.25, 0.3) is 33.8 Å². The first-order valence-corrected chi connectivity index (χ1v) is 24.5. The molecule has 0 spiro atoms. The zero-order valence-electron chi connectivity index (χ0n) is 37.8. The number of carbonyl (C=O) groups excluding carboxylic acids is 1. The maximum Gasteiger partial charge on any atom is 0.218 e. The van der Waals surface area contributed by atoms with Gasteiger partial charge in [0, 0.05) is 47.5 Å². The normalized spacial score (nSPS) is 12.1. The molecule has 4 aromatic carbocycles. The van der Waals surface area contributed by atoms with Crippen LogP contribution in [0.3, 0.4) is 0 Å². The molecule has 7 aromatic rings. The lowest BCUT2D eigenvalue weighted by molar-refractivity contribution is 0.112. The highest BCUT2D eigenvalue weighted by Gasteiger charge is 2.28. The van der Waals surface area contributed by atoms with Crippen molar-refractivity contribution in [3.05, 3.63) is 138 Å². The van der Waals surface area contributed by atoms with E-state index >= 15 is 0 Å². The van der Waals surface area contributed by atoms with Gasteiger partial charge in [0.05, 0.1) is 40.2 Å². The predicted molar refractivity (Wildman–Crippen MR) is 252 cm³/mol. The van der Waals surface area contributed by atoms with Crippen molar-refractivity contribution < 1.29 is 35.5 Å². The summed E-state index contributed by atoms with van der Waals surface area (Å²) >= 11 is 0. The van der Waals surface area contributed by atoms with Gasteiger partial charge in [-0.05, 0) is 127 Å². The SMILES string of the molecule is CCn1nc(-c2cccc(C(C)(C)NS(=O)(=O)CC)c2)cc1Oc1ccc(-c2cnco2)cc1.CCn1nc(-c2cccc(C(C)(C)NS(=O)(=O)CC)c2)cc1Oc1ccc(C=O)cc1. The standard InChI is InChI=1S/C25H28N4O4S.C23H27N3O4S/c1-5-29-24(33-21-12-10-18(11-13-21)23-16-26-17-32-23)15-22(27-29)19-8-7-9-20(14-19)25(3,4)28-34(30,31)6-2;1-5-26-22(30-20-12-10-17(16-27)11-13-20)15-21(24-26)18-8-7-9-19(14-18)23(3,4)25-31(28,29)6-2/h7-17,28H,5-6H2,1-4H3;7-16,25H,5-6H2,1-4H3. The Morgan fingerprint density at radius 3 is 1.45 bits per heavy atom. The Balaban J connectivity index is 0.000000216. The maximum atomic E-state index is 12.1. The first-order valence-electron chi connectivity index (χ1n) is 21.2. The summed E-state index contributed by atoms with van der Waals surface area (Å²) in [5, 5.41) is 9.34. The van der Waals surface area contributed by atoms with Crippen LogP contribution in [0.15, 0.2) is 126 Å². The number of aldehydes is 1. The minimum Gasteiger partial charge on any atom is -0.444 e. The van der Waals surface area contributed by atoms with Crippen LogP contribution >= 0.6 is 0 Å². The van der Waals surface area contributed by atoms with Gasteiger partial charge in [0.2, 0.25) is 31.8 Å². The average Bonchev–Trinajstić information content (AvgIpc) is 4.08. The average molecular weight is 922 g/mol. The molecule has 0 saturated heterocycles. The van der Waals surface area contributed by atoms with Crippen molar-refractivity contribution in [2.75, 3.05) is 11.5 Å². The zero-order valence-corrected chi connectivity index (χ0v) is 39.4. The van der Waals surface area contributed by atoms with Crippen LogP contribution in [0.4, 0.5) is 0 Å². The molecule has 0 aliphatic heterocycles. The molecule has 0 amide bonds.